The zero-order valence-electron chi connectivity index (χ0n) is 9.53. The lowest BCUT2D eigenvalue weighted by molar-refractivity contribution is 0.0779. The fraction of sp³-hybridized carbons (Fsp3) is 0.667. The molecule has 0 radical (unpaired) electrons. The maximum absolute atomic E-state index is 9.23. The zero-order valence-corrected chi connectivity index (χ0v) is 11.9. The molecule has 0 saturated carbocycles. The number of aliphatic hydroxyl groups excluding tert-OH is 1. The van der Waals surface area contributed by atoms with Gasteiger partial charge in [0.2, 0.25) is 0 Å². The number of thiophene rings is 1. The van der Waals surface area contributed by atoms with Crippen molar-refractivity contribution in [1.82, 2.24) is 4.90 Å². The first kappa shape index (κ1) is 12.6. The Morgan fingerprint density at radius 1 is 1.50 bits per heavy atom. The SMILES string of the molecule is CC1CCC(CO)CN1Cc1ccc(Br)s1. The van der Waals surface area contributed by atoms with Crippen molar-refractivity contribution >= 4 is 27.3 Å². The van der Waals surface area contributed by atoms with Crippen LogP contribution in [0.1, 0.15) is 24.6 Å². The molecule has 2 atom stereocenters. The van der Waals surface area contributed by atoms with Crippen molar-refractivity contribution in [2.75, 3.05) is 13.2 Å². The average Bonchev–Trinajstić information content (AvgIpc) is 2.67. The molecule has 1 N–H and O–H groups in total. The quantitative estimate of drug-likeness (QED) is 0.927. The Morgan fingerprint density at radius 2 is 2.31 bits per heavy atom. The van der Waals surface area contributed by atoms with Crippen molar-refractivity contribution < 1.29 is 5.11 Å². The molecule has 90 valence electrons. The van der Waals surface area contributed by atoms with Crippen molar-refractivity contribution in [2.45, 2.75) is 32.4 Å². The van der Waals surface area contributed by atoms with Gasteiger partial charge in [0, 0.05) is 30.6 Å². The molecule has 16 heavy (non-hydrogen) atoms. The van der Waals surface area contributed by atoms with E-state index in [0.29, 0.717) is 18.6 Å². The van der Waals surface area contributed by atoms with E-state index in [4.69, 9.17) is 0 Å². The van der Waals surface area contributed by atoms with Crippen LogP contribution in [0.4, 0.5) is 0 Å². The number of rotatable bonds is 3. The van der Waals surface area contributed by atoms with E-state index in [9.17, 15) is 5.11 Å². The van der Waals surface area contributed by atoms with E-state index in [1.54, 1.807) is 11.3 Å². The molecule has 2 rings (SSSR count). The van der Waals surface area contributed by atoms with Crippen LogP contribution >= 0.6 is 27.3 Å². The standard InChI is InChI=1S/C12H18BrNOS/c1-9-2-3-10(8-15)6-14(9)7-11-4-5-12(13)16-11/h4-5,9-10,15H,2-3,6-8H2,1H3. The first-order valence-corrected chi connectivity index (χ1v) is 7.39. The maximum Gasteiger partial charge on any atom is 0.0701 e. The molecule has 0 aliphatic carbocycles. The summed E-state index contributed by atoms with van der Waals surface area (Å²) in [5.74, 6) is 0.472. The molecule has 2 heterocycles. The predicted molar refractivity (Wildman–Crippen MR) is 71.7 cm³/mol. The molecule has 0 aromatic carbocycles. The molecule has 4 heteroatoms. The minimum atomic E-state index is 0.331. The van der Waals surface area contributed by atoms with Crippen molar-refractivity contribution in [1.29, 1.82) is 0 Å². The number of nitrogens with zero attached hydrogens (tertiary/aromatic N) is 1. The van der Waals surface area contributed by atoms with Gasteiger partial charge in [0.1, 0.15) is 0 Å². The average molecular weight is 304 g/mol. The van der Waals surface area contributed by atoms with Gasteiger partial charge in [0.05, 0.1) is 3.79 Å². The van der Waals surface area contributed by atoms with Crippen LogP contribution in [0.15, 0.2) is 15.9 Å². The van der Waals surface area contributed by atoms with Crippen LogP contribution < -0.4 is 0 Å². The number of halogens is 1. The second-order valence-corrected chi connectivity index (χ2v) is 7.16. The summed E-state index contributed by atoms with van der Waals surface area (Å²) in [7, 11) is 0. The number of hydrogen-bond donors (Lipinski definition) is 1. The van der Waals surface area contributed by atoms with Crippen LogP contribution in [0.3, 0.4) is 0 Å². The fourth-order valence-electron chi connectivity index (χ4n) is 2.27. The van der Waals surface area contributed by atoms with Gasteiger partial charge in [-0.05, 0) is 53.7 Å². The lowest BCUT2D eigenvalue weighted by Crippen LogP contribution is -2.42. The van der Waals surface area contributed by atoms with E-state index in [1.165, 1.54) is 21.5 Å². The van der Waals surface area contributed by atoms with Crippen LogP contribution in [0.25, 0.3) is 0 Å². The molecular weight excluding hydrogens is 286 g/mol. The molecule has 1 aromatic rings. The summed E-state index contributed by atoms with van der Waals surface area (Å²) in [4.78, 5) is 3.89. The molecule has 1 aliphatic rings. The summed E-state index contributed by atoms with van der Waals surface area (Å²) in [5.41, 5.74) is 0. The Bertz CT molecular complexity index is 342. The van der Waals surface area contributed by atoms with Gasteiger partial charge in [-0.2, -0.15) is 0 Å². The van der Waals surface area contributed by atoms with E-state index in [-0.39, 0.29) is 0 Å². The van der Waals surface area contributed by atoms with E-state index in [2.05, 4.69) is 39.9 Å². The Balaban J connectivity index is 1.96. The summed E-state index contributed by atoms with van der Waals surface area (Å²) in [6.45, 7) is 4.68. The first-order chi connectivity index (χ1) is 7.69. The lowest BCUT2D eigenvalue weighted by atomic mass is 9.94. The molecule has 2 nitrogen and oxygen atoms in total. The molecule has 1 saturated heterocycles. The molecule has 2 unspecified atom stereocenters. The van der Waals surface area contributed by atoms with Crippen LogP contribution in [0.5, 0.6) is 0 Å². The number of likely N-dealkylation sites (tertiary alicyclic amines) is 1. The van der Waals surface area contributed by atoms with E-state index >= 15 is 0 Å². The largest absolute Gasteiger partial charge is 0.396 e. The third kappa shape index (κ3) is 3.06. The highest BCUT2D eigenvalue weighted by Crippen LogP contribution is 2.27. The Morgan fingerprint density at radius 3 is 2.94 bits per heavy atom. The topological polar surface area (TPSA) is 23.5 Å². The van der Waals surface area contributed by atoms with Gasteiger partial charge in [0.15, 0.2) is 0 Å². The van der Waals surface area contributed by atoms with Gasteiger partial charge in [0.25, 0.3) is 0 Å². The second kappa shape index (κ2) is 5.63. The fourth-order valence-corrected chi connectivity index (χ4v) is 3.78. The zero-order chi connectivity index (χ0) is 11.5. The Kier molecular flexibility index (Phi) is 4.41. The summed E-state index contributed by atoms with van der Waals surface area (Å²) in [6, 6.07) is 4.94. The minimum absolute atomic E-state index is 0.331. The number of hydrogen-bond acceptors (Lipinski definition) is 3. The van der Waals surface area contributed by atoms with Gasteiger partial charge < -0.3 is 5.11 Å². The van der Waals surface area contributed by atoms with Crippen molar-refractivity contribution in [2.24, 2.45) is 5.92 Å². The van der Waals surface area contributed by atoms with E-state index < -0.39 is 0 Å². The smallest absolute Gasteiger partial charge is 0.0701 e. The maximum atomic E-state index is 9.23. The monoisotopic (exact) mass is 303 g/mol. The summed E-state index contributed by atoms with van der Waals surface area (Å²) in [6.07, 6.45) is 2.38. The van der Waals surface area contributed by atoms with Crippen molar-refractivity contribution in [3.8, 4) is 0 Å². The van der Waals surface area contributed by atoms with Gasteiger partial charge in [-0.15, -0.1) is 11.3 Å². The highest BCUT2D eigenvalue weighted by Gasteiger charge is 2.25. The Labute approximate surface area is 109 Å². The third-order valence-electron chi connectivity index (χ3n) is 3.35. The number of aliphatic hydroxyl groups is 1. The van der Waals surface area contributed by atoms with Crippen LogP contribution in [0, 0.1) is 5.92 Å². The first-order valence-electron chi connectivity index (χ1n) is 5.78. The van der Waals surface area contributed by atoms with Gasteiger partial charge in [-0.1, -0.05) is 0 Å². The second-order valence-electron chi connectivity index (χ2n) is 4.61. The predicted octanol–water partition coefficient (Wildman–Crippen LogP) is 3.10. The van der Waals surface area contributed by atoms with Gasteiger partial charge in [-0.3, -0.25) is 4.90 Å². The van der Waals surface area contributed by atoms with E-state index in [0.717, 1.165) is 13.1 Å². The van der Waals surface area contributed by atoms with Crippen LogP contribution in [-0.4, -0.2) is 29.2 Å². The normalized spacial score (nSPS) is 27.2. The van der Waals surface area contributed by atoms with Crippen molar-refractivity contribution in [3.63, 3.8) is 0 Å². The Hall–Kier alpha value is 0.1000. The highest BCUT2D eigenvalue weighted by molar-refractivity contribution is 9.11. The molecule has 0 spiro atoms. The van der Waals surface area contributed by atoms with Crippen molar-refractivity contribution in [3.05, 3.63) is 20.8 Å². The number of piperidine rings is 1. The summed E-state index contributed by atoms with van der Waals surface area (Å²) >= 11 is 5.30. The molecular formula is C12H18BrNOS. The summed E-state index contributed by atoms with van der Waals surface area (Å²) < 4.78 is 1.20. The summed E-state index contributed by atoms with van der Waals surface area (Å²) in [5, 5.41) is 9.23. The van der Waals surface area contributed by atoms with Gasteiger partial charge in [-0.25, -0.2) is 0 Å². The van der Waals surface area contributed by atoms with E-state index in [1.807, 2.05) is 0 Å². The lowest BCUT2D eigenvalue weighted by Gasteiger charge is -2.37. The third-order valence-corrected chi connectivity index (χ3v) is 4.96. The molecule has 1 aromatic heterocycles. The highest BCUT2D eigenvalue weighted by atomic mass is 79.9. The molecule has 1 aliphatic heterocycles. The minimum Gasteiger partial charge on any atom is -0.396 e. The van der Waals surface area contributed by atoms with Gasteiger partial charge >= 0.3 is 0 Å². The molecule has 1 fully saturated rings. The van der Waals surface area contributed by atoms with Crippen LogP contribution in [0.2, 0.25) is 0 Å². The molecule has 0 bridgehead atoms. The molecule has 0 amide bonds. The van der Waals surface area contributed by atoms with Crippen LogP contribution in [-0.2, 0) is 6.54 Å².